The van der Waals surface area contributed by atoms with E-state index in [-0.39, 0.29) is 5.91 Å². The molecule has 0 aliphatic rings. The Morgan fingerprint density at radius 2 is 2.10 bits per heavy atom. The van der Waals surface area contributed by atoms with Crippen LogP contribution in [0.1, 0.15) is 10.4 Å². The second-order valence-electron chi connectivity index (χ2n) is 3.87. The molecule has 6 heteroatoms. The summed E-state index contributed by atoms with van der Waals surface area (Å²) in [7, 11) is 0. The fourth-order valence-corrected chi connectivity index (χ4v) is 2.17. The molecule has 0 bridgehead atoms. The minimum Gasteiger partial charge on any atom is -0.475 e. The van der Waals surface area contributed by atoms with Gasteiger partial charge in [-0.05, 0) is 40.2 Å². The minimum absolute atomic E-state index is 0.159. The highest BCUT2D eigenvalue weighted by atomic mass is 79.9. The highest BCUT2D eigenvalue weighted by Gasteiger charge is 2.08. The molecule has 1 amide bonds. The van der Waals surface area contributed by atoms with Crippen LogP contribution in [0.25, 0.3) is 0 Å². The number of halogens is 2. The number of pyridine rings is 1. The summed E-state index contributed by atoms with van der Waals surface area (Å²) in [5.41, 5.74) is 0.586. The molecule has 0 spiro atoms. The number of rotatable bonds is 5. The van der Waals surface area contributed by atoms with Gasteiger partial charge in [0, 0.05) is 10.7 Å². The molecule has 2 aromatic rings. The summed E-state index contributed by atoms with van der Waals surface area (Å²) < 4.78 is 6.14. The fourth-order valence-electron chi connectivity index (χ4n) is 1.53. The number of amides is 1. The van der Waals surface area contributed by atoms with Gasteiger partial charge in [-0.15, -0.1) is 0 Å². The largest absolute Gasteiger partial charge is 0.475 e. The molecule has 0 radical (unpaired) electrons. The van der Waals surface area contributed by atoms with Crippen LogP contribution >= 0.6 is 27.5 Å². The van der Waals surface area contributed by atoms with E-state index in [2.05, 4.69) is 26.2 Å². The van der Waals surface area contributed by atoms with Crippen LogP contribution < -0.4 is 10.1 Å². The third-order valence-corrected chi connectivity index (χ3v) is 3.45. The van der Waals surface area contributed by atoms with Crippen LogP contribution in [0, 0.1) is 0 Å². The molecule has 1 heterocycles. The number of hydrogen-bond donors (Lipinski definition) is 1. The topological polar surface area (TPSA) is 51.2 Å². The van der Waals surface area contributed by atoms with Gasteiger partial charge in [0.1, 0.15) is 11.6 Å². The predicted octanol–water partition coefficient (Wildman–Crippen LogP) is 3.31. The van der Waals surface area contributed by atoms with Crippen molar-refractivity contribution in [2.45, 2.75) is 0 Å². The molecule has 0 aliphatic heterocycles. The number of nitrogens with zero attached hydrogens (tertiary/aromatic N) is 1. The van der Waals surface area contributed by atoms with Crippen molar-refractivity contribution >= 4 is 33.4 Å². The molecule has 1 N–H and O–H groups in total. The van der Waals surface area contributed by atoms with Crippen molar-refractivity contribution in [3.05, 3.63) is 57.7 Å². The third kappa shape index (κ3) is 3.95. The van der Waals surface area contributed by atoms with Crippen molar-refractivity contribution < 1.29 is 9.53 Å². The van der Waals surface area contributed by atoms with Gasteiger partial charge in [0.2, 0.25) is 5.88 Å². The van der Waals surface area contributed by atoms with Crippen LogP contribution in [0.2, 0.25) is 5.02 Å². The van der Waals surface area contributed by atoms with Gasteiger partial charge in [-0.2, -0.15) is 0 Å². The highest BCUT2D eigenvalue weighted by Crippen LogP contribution is 2.19. The van der Waals surface area contributed by atoms with Gasteiger partial charge in [0.25, 0.3) is 5.91 Å². The lowest BCUT2D eigenvalue weighted by atomic mass is 10.2. The van der Waals surface area contributed by atoms with E-state index < -0.39 is 0 Å². The lowest BCUT2D eigenvalue weighted by Gasteiger charge is -2.08. The summed E-state index contributed by atoms with van der Waals surface area (Å²) in [5, 5.41) is 3.21. The maximum Gasteiger partial charge on any atom is 0.252 e. The Kier molecular flexibility index (Phi) is 5.38. The van der Waals surface area contributed by atoms with E-state index in [1.807, 2.05) is 18.2 Å². The smallest absolute Gasteiger partial charge is 0.252 e. The van der Waals surface area contributed by atoms with Gasteiger partial charge in [0.05, 0.1) is 12.1 Å². The molecule has 0 fully saturated rings. The first-order chi connectivity index (χ1) is 9.68. The highest BCUT2D eigenvalue weighted by molar-refractivity contribution is 9.10. The maximum absolute atomic E-state index is 11.9. The van der Waals surface area contributed by atoms with E-state index in [0.717, 1.165) is 4.47 Å². The molecule has 0 atom stereocenters. The Hall–Kier alpha value is -1.59. The zero-order valence-corrected chi connectivity index (χ0v) is 12.8. The van der Waals surface area contributed by atoms with Gasteiger partial charge >= 0.3 is 0 Å². The van der Waals surface area contributed by atoms with Crippen LogP contribution in [-0.4, -0.2) is 24.0 Å². The molecule has 104 valence electrons. The summed E-state index contributed by atoms with van der Waals surface area (Å²) in [4.78, 5) is 15.9. The minimum atomic E-state index is -0.159. The molecule has 2 rings (SSSR count). The summed E-state index contributed by atoms with van der Waals surface area (Å²) in [5.74, 6) is 0.206. The van der Waals surface area contributed by atoms with Crippen molar-refractivity contribution in [3.8, 4) is 5.88 Å². The zero-order valence-electron chi connectivity index (χ0n) is 10.5. The van der Waals surface area contributed by atoms with Gasteiger partial charge in [-0.1, -0.05) is 23.7 Å². The number of hydrogen-bond acceptors (Lipinski definition) is 3. The van der Waals surface area contributed by atoms with E-state index in [4.69, 9.17) is 16.3 Å². The standard InChI is InChI=1S/C14H12BrClN2O2/c15-11-5-2-1-4-10(11)13(19)17-8-9-20-14-12(16)6-3-7-18-14/h1-7H,8-9H2,(H,17,19). The summed E-state index contributed by atoms with van der Waals surface area (Å²) in [6.45, 7) is 0.667. The van der Waals surface area contributed by atoms with E-state index in [1.54, 1.807) is 24.4 Å². The Bertz CT molecular complexity index is 607. The fraction of sp³-hybridized carbons (Fsp3) is 0.143. The lowest BCUT2D eigenvalue weighted by molar-refractivity contribution is 0.0946. The molecular weight excluding hydrogens is 344 g/mol. The zero-order chi connectivity index (χ0) is 14.4. The maximum atomic E-state index is 11.9. The molecule has 0 saturated heterocycles. The molecule has 0 aliphatic carbocycles. The Morgan fingerprint density at radius 3 is 2.85 bits per heavy atom. The average molecular weight is 356 g/mol. The monoisotopic (exact) mass is 354 g/mol. The van der Waals surface area contributed by atoms with Crippen molar-refractivity contribution in [2.24, 2.45) is 0 Å². The first-order valence-electron chi connectivity index (χ1n) is 5.94. The van der Waals surface area contributed by atoms with Crippen molar-refractivity contribution in [1.82, 2.24) is 10.3 Å². The predicted molar refractivity (Wildman–Crippen MR) is 81.2 cm³/mol. The Labute approximate surface area is 130 Å². The van der Waals surface area contributed by atoms with Crippen LogP contribution in [-0.2, 0) is 0 Å². The van der Waals surface area contributed by atoms with E-state index in [0.29, 0.717) is 29.6 Å². The third-order valence-electron chi connectivity index (χ3n) is 2.47. The van der Waals surface area contributed by atoms with Crippen molar-refractivity contribution in [1.29, 1.82) is 0 Å². The molecule has 1 aromatic carbocycles. The summed E-state index contributed by atoms with van der Waals surface area (Å²) in [6, 6.07) is 10.7. The molecular formula is C14H12BrClN2O2. The van der Waals surface area contributed by atoms with E-state index in [1.165, 1.54) is 0 Å². The van der Waals surface area contributed by atoms with Gasteiger partial charge in [-0.25, -0.2) is 4.98 Å². The molecule has 0 unspecified atom stereocenters. The SMILES string of the molecule is O=C(NCCOc1ncccc1Cl)c1ccccc1Br. The van der Waals surface area contributed by atoms with Crippen molar-refractivity contribution in [2.75, 3.05) is 13.2 Å². The second-order valence-corrected chi connectivity index (χ2v) is 5.14. The quantitative estimate of drug-likeness (QED) is 0.837. The molecule has 0 saturated carbocycles. The summed E-state index contributed by atoms with van der Waals surface area (Å²) >= 11 is 9.23. The average Bonchev–Trinajstić information content (AvgIpc) is 2.45. The van der Waals surface area contributed by atoms with Gasteiger partial charge in [0.15, 0.2) is 0 Å². The molecule has 4 nitrogen and oxygen atoms in total. The first kappa shape index (κ1) is 14.8. The van der Waals surface area contributed by atoms with Crippen LogP contribution in [0.3, 0.4) is 0 Å². The number of carbonyl (C=O) groups excluding carboxylic acids is 1. The number of ether oxygens (including phenoxy) is 1. The van der Waals surface area contributed by atoms with E-state index in [9.17, 15) is 4.79 Å². The number of carbonyl (C=O) groups is 1. The number of aromatic nitrogens is 1. The van der Waals surface area contributed by atoms with Gasteiger partial charge < -0.3 is 10.1 Å². The molecule has 1 aromatic heterocycles. The van der Waals surface area contributed by atoms with Crippen LogP contribution in [0.15, 0.2) is 47.1 Å². The Balaban J connectivity index is 1.81. The lowest BCUT2D eigenvalue weighted by Crippen LogP contribution is -2.28. The van der Waals surface area contributed by atoms with Crippen LogP contribution in [0.4, 0.5) is 0 Å². The van der Waals surface area contributed by atoms with Gasteiger partial charge in [-0.3, -0.25) is 4.79 Å². The first-order valence-corrected chi connectivity index (χ1v) is 7.11. The van der Waals surface area contributed by atoms with Crippen molar-refractivity contribution in [3.63, 3.8) is 0 Å². The number of nitrogens with one attached hydrogen (secondary N) is 1. The van der Waals surface area contributed by atoms with Crippen LogP contribution in [0.5, 0.6) is 5.88 Å². The number of benzene rings is 1. The van der Waals surface area contributed by atoms with E-state index >= 15 is 0 Å². The normalized spacial score (nSPS) is 10.1. The summed E-state index contributed by atoms with van der Waals surface area (Å²) in [6.07, 6.45) is 1.60. The molecule has 20 heavy (non-hydrogen) atoms. The second kappa shape index (κ2) is 7.26. The Morgan fingerprint density at radius 1 is 1.30 bits per heavy atom.